The highest BCUT2D eigenvalue weighted by Crippen LogP contribution is 2.17. The van der Waals surface area contributed by atoms with Gasteiger partial charge in [0.05, 0.1) is 0 Å². The third-order valence-electron chi connectivity index (χ3n) is 2.42. The lowest BCUT2D eigenvalue weighted by molar-refractivity contribution is 0.289. The molecule has 4 nitrogen and oxygen atoms in total. The van der Waals surface area contributed by atoms with Gasteiger partial charge in [-0.1, -0.05) is 0 Å². The van der Waals surface area contributed by atoms with E-state index in [9.17, 15) is 0 Å². The summed E-state index contributed by atoms with van der Waals surface area (Å²) in [5.41, 5.74) is 7.59. The van der Waals surface area contributed by atoms with E-state index in [1.807, 2.05) is 13.0 Å². The Kier molecular flexibility index (Phi) is 4.37. The third kappa shape index (κ3) is 3.09. The van der Waals surface area contributed by atoms with Gasteiger partial charge in [-0.2, -0.15) is 0 Å². The molecule has 15 heavy (non-hydrogen) atoms. The van der Waals surface area contributed by atoms with Gasteiger partial charge < -0.3 is 15.7 Å². The van der Waals surface area contributed by atoms with E-state index in [4.69, 9.17) is 10.8 Å². The summed E-state index contributed by atoms with van der Waals surface area (Å²) in [7, 11) is 0. The fourth-order valence-corrected chi connectivity index (χ4v) is 1.40. The van der Waals surface area contributed by atoms with Crippen LogP contribution in [-0.2, 0) is 0 Å². The largest absolute Gasteiger partial charge is 0.398 e. The van der Waals surface area contributed by atoms with Crippen molar-refractivity contribution in [2.45, 2.75) is 20.3 Å². The Labute approximate surface area is 90.7 Å². The fourth-order valence-electron chi connectivity index (χ4n) is 1.40. The highest BCUT2D eigenvalue weighted by molar-refractivity contribution is 5.54. The number of pyridine rings is 1. The molecule has 0 saturated carbocycles. The second-order valence-electron chi connectivity index (χ2n) is 3.56. The smallest absolute Gasteiger partial charge is 0.130 e. The number of aliphatic hydroxyl groups is 1. The second kappa shape index (κ2) is 5.56. The van der Waals surface area contributed by atoms with Crippen molar-refractivity contribution >= 4 is 11.5 Å². The van der Waals surface area contributed by atoms with Gasteiger partial charge in [-0.05, 0) is 25.8 Å². The minimum Gasteiger partial charge on any atom is -0.398 e. The molecule has 0 unspecified atom stereocenters. The average molecular weight is 209 g/mol. The van der Waals surface area contributed by atoms with Crippen LogP contribution in [0.1, 0.15) is 18.9 Å². The zero-order valence-corrected chi connectivity index (χ0v) is 9.40. The molecule has 0 aliphatic carbocycles. The molecular formula is C11H19N3O. The Morgan fingerprint density at radius 3 is 2.80 bits per heavy atom. The second-order valence-corrected chi connectivity index (χ2v) is 3.56. The number of aliphatic hydroxyl groups excluding tert-OH is 1. The van der Waals surface area contributed by atoms with Crippen LogP contribution < -0.4 is 10.6 Å². The average Bonchev–Trinajstić information content (AvgIpc) is 2.24. The summed E-state index contributed by atoms with van der Waals surface area (Å²) in [6.07, 6.45) is 2.54. The van der Waals surface area contributed by atoms with Crippen molar-refractivity contribution in [3.63, 3.8) is 0 Å². The lowest BCUT2D eigenvalue weighted by Crippen LogP contribution is -2.25. The first-order valence-corrected chi connectivity index (χ1v) is 5.27. The topological polar surface area (TPSA) is 62.4 Å². The highest BCUT2D eigenvalue weighted by atomic mass is 16.3. The maximum absolute atomic E-state index is 8.78. The number of aromatic nitrogens is 1. The molecule has 0 aliphatic heterocycles. The molecule has 0 aliphatic rings. The first-order valence-electron chi connectivity index (χ1n) is 5.27. The Hall–Kier alpha value is -1.29. The number of nitrogen functional groups attached to an aromatic ring is 1. The highest BCUT2D eigenvalue weighted by Gasteiger charge is 2.06. The quantitative estimate of drug-likeness (QED) is 0.764. The van der Waals surface area contributed by atoms with Crippen LogP contribution in [0.4, 0.5) is 11.5 Å². The lowest BCUT2D eigenvalue weighted by Gasteiger charge is -2.21. The summed E-state index contributed by atoms with van der Waals surface area (Å²) in [6, 6.07) is 1.89. The van der Waals surface area contributed by atoms with Gasteiger partial charge in [-0.25, -0.2) is 4.98 Å². The van der Waals surface area contributed by atoms with E-state index >= 15 is 0 Å². The first kappa shape index (κ1) is 11.8. The molecule has 84 valence electrons. The summed E-state index contributed by atoms with van der Waals surface area (Å²) in [6.45, 7) is 5.89. The summed E-state index contributed by atoms with van der Waals surface area (Å²) in [5.74, 6) is 0.883. The van der Waals surface area contributed by atoms with E-state index in [1.54, 1.807) is 6.20 Å². The predicted molar refractivity (Wildman–Crippen MR) is 63.0 cm³/mol. The fraction of sp³-hybridized carbons (Fsp3) is 0.545. The Morgan fingerprint density at radius 1 is 1.53 bits per heavy atom. The van der Waals surface area contributed by atoms with E-state index in [0.29, 0.717) is 0 Å². The minimum atomic E-state index is 0.206. The van der Waals surface area contributed by atoms with E-state index < -0.39 is 0 Å². The normalized spacial score (nSPS) is 10.3. The third-order valence-corrected chi connectivity index (χ3v) is 2.42. The number of nitrogens with two attached hydrogens (primary N) is 1. The number of hydrogen-bond acceptors (Lipinski definition) is 4. The number of anilines is 2. The standard InChI is InChI=1S/C11H19N3O/c1-3-14(5-4-6-15)11-7-10(12)9(2)8-13-11/h7-8,15H,3-6H2,1-2H3,(H2,12,13). The summed E-state index contributed by atoms with van der Waals surface area (Å²) >= 11 is 0. The number of rotatable bonds is 5. The molecule has 1 rings (SSSR count). The summed E-state index contributed by atoms with van der Waals surface area (Å²) in [4.78, 5) is 6.43. The molecule has 1 aromatic heterocycles. The van der Waals surface area contributed by atoms with Gasteiger partial charge in [-0.15, -0.1) is 0 Å². The summed E-state index contributed by atoms with van der Waals surface area (Å²) in [5, 5.41) is 8.78. The van der Waals surface area contributed by atoms with Crippen molar-refractivity contribution in [3.05, 3.63) is 17.8 Å². The van der Waals surface area contributed by atoms with Gasteiger partial charge in [0, 0.05) is 37.6 Å². The van der Waals surface area contributed by atoms with E-state index in [0.717, 1.165) is 36.6 Å². The molecule has 0 fully saturated rings. The van der Waals surface area contributed by atoms with Crippen molar-refractivity contribution in [2.75, 3.05) is 30.3 Å². The predicted octanol–water partition coefficient (Wildman–Crippen LogP) is 1.18. The molecule has 0 aromatic carbocycles. The zero-order chi connectivity index (χ0) is 11.3. The molecule has 4 heteroatoms. The maximum Gasteiger partial charge on any atom is 0.130 e. The van der Waals surface area contributed by atoms with Crippen LogP contribution in [-0.4, -0.2) is 29.8 Å². The molecular weight excluding hydrogens is 190 g/mol. The molecule has 3 N–H and O–H groups in total. The van der Waals surface area contributed by atoms with Crippen LogP contribution in [0, 0.1) is 6.92 Å². The van der Waals surface area contributed by atoms with Crippen LogP contribution in [0.3, 0.4) is 0 Å². The van der Waals surface area contributed by atoms with Crippen molar-refractivity contribution in [3.8, 4) is 0 Å². The monoisotopic (exact) mass is 209 g/mol. The van der Waals surface area contributed by atoms with Gasteiger partial charge in [0.2, 0.25) is 0 Å². The Balaban J connectivity index is 2.78. The lowest BCUT2D eigenvalue weighted by atomic mass is 10.2. The van der Waals surface area contributed by atoms with Crippen molar-refractivity contribution in [2.24, 2.45) is 0 Å². The molecule has 0 spiro atoms. The van der Waals surface area contributed by atoms with Crippen LogP contribution in [0.2, 0.25) is 0 Å². The Morgan fingerprint density at radius 2 is 2.27 bits per heavy atom. The van der Waals surface area contributed by atoms with Gasteiger partial charge >= 0.3 is 0 Å². The number of hydrogen-bond donors (Lipinski definition) is 2. The summed E-state index contributed by atoms with van der Waals surface area (Å²) < 4.78 is 0. The van der Waals surface area contributed by atoms with Crippen LogP contribution in [0.15, 0.2) is 12.3 Å². The van der Waals surface area contributed by atoms with Crippen LogP contribution >= 0.6 is 0 Å². The molecule has 1 heterocycles. The zero-order valence-electron chi connectivity index (χ0n) is 9.40. The molecule has 0 amide bonds. The maximum atomic E-state index is 8.78. The van der Waals surface area contributed by atoms with E-state index in [-0.39, 0.29) is 6.61 Å². The van der Waals surface area contributed by atoms with Gasteiger partial charge in [0.15, 0.2) is 0 Å². The number of nitrogens with zero attached hydrogens (tertiary/aromatic N) is 2. The van der Waals surface area contributed by atoms with Gasteiger partial charge in [0.25, 0.3) is 0 Å². The minimum absolute atomic E-state index is 0.206. The Bertz CT molecular complexity index is 315. The molecule has 1 aromatic rings. The van der Waals surface area contributed by atoms with Crippen LogP contribution in [0.25, 0.3) is 0 Å². The molecule has 0 radical (unpaired) electrons. The number of aryl methyl sites for hydroxylation is 1. The molecule has 0 bridgehead atoms. The van der Waals surface area contributed by atoms with E-state index in [2.05, 4.69) is 16.8 Å². The van der Waals surface area contributed by atoms with Crippen molar-refractivity contribution in [1.29, 1.82) is 0 Å². The molecule has 0 saturated heterocycles. The van der Waals surface area contributed by atoms with Gasteiger partial charge in [0.1, 0.15) is 5.82 Å². The van der Waals surface area contributed by atoms with Crippen molar-refractivity contribution in [1.82, 2.24) is 4.98 Å². The molecule has 0 atom stereocenters. The van der Waals surface area contributed by atoms with Crippen LogP contribution in [0.5, 0.6) is 0 Å². The van der Waals surface area contributed by atoms with Crippen molar-refractivity contribution < 1.29 is 5.11 Å². The van der Waals surface area contributed by atoms with Gasteiger partial charge in [-0.3, -0.25) is 0 Å². The van der Waals surface area contributed by atoms with E-state index in [1.165, 1.54) is 0 Å². The first-order chi connectivity index (χ1) is 7.19. The SMILES string of the molecule is CCN(CCCO)c1cc(N)c(C)cn1.